The molecule has 2 aliphatic heterocycles. The first kappa shape index (κ1) is 17.7. The minimum atomic E-state index is -0.622. The summed E-state index contributed by atoms with van der Waals surface area (Å²) in [5.41, 5.74) is 1.88. The fourth-order valence-corrected chi connectivity index (χ4v) is 4.46. The van der Waals surface area contributed by atoms with Gasteiger partial charge in [-0.3, -0.25) is 9.58 Å². The summed E-state index contributed by atoms with van der Waals surface area (Å²) in [6.07, 6.45) is 7.19. The van der Waals surface area contributed by atoms with E-state index in [0.717, 1.165) is 32.5 Å². The molecule has 1 N–H and O–H groups in total. The molecule has 5 nitrogen and oxygen atoms in total. The smallest absolute Gasteiger partial charge is 0.0706 e. The predicted octanol–water partition coefficient (Wildman–Crippen LogP) is 2.68. The van der Waals surface area contributed by atoms with Crippen molar-refractivity contribution in [2.75, 3.05) is 19.8 Å². The van der Waals surface area contributed by atoms with Crippen LogP contribution in [-0.2, 0) is 17.8 Å². The molecule has 0 amide bonds. The zero-order chi connectivity index (χ0) is 18.0. The maximum atomic E-state index is 10.8. The molecule has 0 bridgehead atoms. The van der Waals surface area contributed by atoms with E-state index in [1.54, 1.807) is 0 Å². The zero-order valence-corrected chi connectivity index (χ0v) is 15.6. The molecular formula is C21H29N3O2. The van der Waals surface area contributed by atoms with Gasteiger partial charge in [-0.15, -0.1) is 0 Å². The van der Waals surface area contributed by atoms with Crippen molar-refractivity contribution < 1.29 is 9.84 Å². The molecule has 5 heteroatoms. The van der Waals surface area contributed by atoms with Gasteiger partial charge in [-0.2, -0.15) is 5.10 Å². The van der Waals surface area contributed by atoms with Gasteiger partial charge >= 0.3 is 0 Å². The van der Waals surface area contributed by atoms with Crippen molar-refractivity contribution >= 4 is 0 Å². The van der Waals surface area contributed by atoms with Crippen molar-refractivity contribution in [1.29, 1.82) is 0 Å². The standard InChI is InChI=1S/C21H29N3O2/c1-21(25)9-11-26-16-19(21)20-8-5-10-23(20)13-18-12-22-24(15-18)14-17-6-3-2-4-7-17/h2-4,6-7,12,15,19-20,25H,5,8-11,13-14,16H2,1H3. The van der Waals surface area contributed by atoms with Crippen LogP contribution in [0.25, 0.3) is 0 Å². The second-order valence-corrected chi connectivity index (χ2v) is 8.00. The van der Waals surface area contributed by atoms with E-state index < -0.39 is 5.60 Å². The second-order valence-electron chi connectivity index (χ2n) is 8.00. The highest BCUT2D eigenvalue weighted by molar-refractivity contribution is 5.15. The van der Waals surface area contributed by atoms with Gasteiger partial charge in [0.05, 0.1) is 24.9 Å². The van der Waals surface area contributed by atoms with E-state index in [4.69, 9.17) is 4.74 Å². The molecule has 3 heterocycles. The molecule has 3 atom stereocenters. The van der Waals surface area contributed by atoms with Crippen molar-refractivity contribution in [3.63, 3.8) is 0 Å². The van der Waals surface area contributed by atoms with Gasteiger partial charge in [-0.05, 0) is 38.3 Å². The summed E-state index contributed by atoms with van der Waals surface area (Å²) >= 11 is 0. The Morgan fingerprint density at radius 1 is 1.23 bits per heavy atom. The van der Waals surface area contributed by atoms with Crippen LogP contribution < -0.4 is 0 Å². The van der Waals surface area contributed by atoms with Gasteiger partial charge in [0.25, 0.3) is 0 Å². The Kier molecular flexibility index (Phi) is 5.11. The number of hydrogen-bond acceptors (Lipinski definition) is 4. The van der Waals surface area contributed by atoms with Gasteiger partial charge in [-0.1, -0.05) is 30.3 Å². The molecule has 1 aromatic carbocycles. The Morgan fingerprint density at radius 3 is 2.88 bits per heavy atom. The number of rotatable bonds is 5. The Labute approximate surface area is 155 Å². The average molecular weight is 355 g/mol. The van der Waals surface area contributed by atoms with Crippen molar-refractivity contribution in [1.82, 2.24) is 14.7 Å². The summed E-state index contributed by atoms with van der Waals surface area (Å²) in [4.78, 5) is 2.51. The van der Waals surface area contributed by atoms with Crippen molar-refractivity contribution in [2.24, 2.45) is 5.92 Å². The van der Waals surface area contributed by atoms with Crippen LogP contribution in [0.4, 0.5) is 0 Å². The molecule has 1 aromatic heterocycles. The van der Waals surface area contributed by atoms with Crippen LogP contribution in [0.15, 0.2) is 42.7 Å². The van der Waals surface area contributed by atoms with Gasteiger partial charge < -0.3 is 9.84 Å². The number of likely N-dealkylation sites (tertiary alicyclic amines) is 1. The molecule has 26 heavy (non-hydrogen) atoms. The van der Waals surface area contributed by atoms with E-state index in [-0.39, 0.29) is 5.92 Å². The first-order chi connectivity index (χ1) is 12.6. The summed E-state index contributed by atoms with van der Waals surface area (Å²) in [5.74, 6) is 0.193. The second kappa shape index (κ2) is 7.51. The molecule has 2 aliphatic rings. The third kappa shape index (κ3) is 3.85. The monoisotopic (exact) mass is 355 g/mol. The summed E-state index contributed by atoms with van der Waals surface area (Å²) < 4.78 is 7.71. The van der Waals surface area contributed by atoms with E-state index in [1.807, 2.05) is 23.9 Å². The summed E-state index contributed by atoms with van der Waals surface area (Å²) in [6, 6.07) is 10.8. The topological polar surface area (TPSA) is 50.5 Å². The lowest BCUT2D eigenvalue weighted by Gasteiger charge is -2.43. The van der Waals surface area contributed by atoms with Crippen molar-refractivity contribution in [2.45, 2.75) is 50.9 Å². The van der Waals surface area contributed by atoms with E-state index in [1.165, 1.54) is 17.5 Å². The Balaban J connectivity index is 1.42. The molecule has 4 rings (SSSR count). The predicted molar refractivity (Wildman–Crippen MR) is 101 cm³/mol. The molecule has 2 saturated heterocycles. The van der Waals surface area contributed by atoms with Gasteiger partial charge in [0.1, 0.15) is 0 Å². The minimum absolute atomic E-state index is 0.193. The molecule has 3 unspecified atom stereocenters. The van der Waals surface area contributed by atoms with Crippen LogP contribution in [-0.4, -0.2) is 51.2 Å². The molecule has 140 valence electrons. The first-order valence-corrected chi connectivity index (χ1v) is 9.71. The summed E-state index contributed by atoms with van der Waals surface area (Å²) in [6.45, 7) is 6.10. The third-order valence-electron chi connectivity index (χ3n) is 5.99. The highest BCUT2D eigenvalue weighted by Crippen LogP contribution is 2.36. The van der Waals surface area contributed by atoms with Gasteiger partial charge in [0, 0.05) is 36.9 Å². The van der Waals surface area contributed by atoms with Crippen LogP contribution in [0, 0.1) is 5.92 Å². The maximum Gasteiger partial charge on any atom is 0.0706 e. The van der Waals surface area contributed by atoms with Crippen LogP contribution in [0.1, 0.15) is 37.3 Å². The fourth-order valence-electron chi connectivity index (χ4n) is 4.46. The average Bonchev–Trinajstić information content (AvgIpc) is 3.25. The zero-order valence-electron chi connectivity index (χ0n) is 15.6. The van der Waals surface area contributed by atoms with Crippen LogP contribution in [0.2, 0.25) is 0 Å². The molecule has 2 aromatic rings. The maximum absolute atomic E-state index is 10.8. The Bertz CT molecular complexity index is 713. The highest BCUT2D eigenvalue weighted by Gasteiger charge is 2.43. The van der Waals surface area contributed by atoms with Crippen molar-refractivity contribution in [3.8, 4) is 0 Å². The van der Waals surface area contributed by atoms with Gasteiger partial charge in [0.15, 0.2) is 0 Å². The van der Waals surface area contributed by atoms with Crippen LogP contribution in [0.3, 0.4) is 0 Å². The van der Waals surface area contributed by atoms with Crippen LogP contribution in [0.5, 0.6) is 0 Å². The Hall–Kier alpha value is -1.69. The molecular weight excluding hydrogens is 326 g/mol. The normalized spacial score (nSPS) is 29.9. The lowest BCUT2D eigenvalue weighted by atomic mass is 9.79. The van der Waals surface area contributed by atoms with Crippen LogP contribution >= 0.6 is 0 Å². The van der Waals surface area contributed by atoms with Crippen molar-refractivity contribution in [3.05, 3.63) is 53.9 Å². The van der Waals surface area contributed by atoms with E-state index in [9.17, 15) is 5.11 Å². The summed E-state index contributed by atoms with van der Waals surface area (Å²) in [5, 5.41) is 15.4. The Morgan fingerprint density at radius 2 is 2.08 bits per heavy atom. The molecule has 0 saturated carbocycles. The fraction of sp³-hybridized carbons (Fsp3) is 0.571. The third-order valence-corrected chi connectivity index (χ3v) is 5.99. The van der Waals surface area contributed by atoms with E-state index in [2.05, 4.69) is 40.5 Å². The van der Waals surface area contributed by atoms with E-state index >= 15 is 0 Å². The molecule has 0 aliphatic carbocycles. The minimum Gasteiger partial charge on any atom is -0.390 e. The highest BCUT2D eigenvalue weighted by atomic mass is 16.5. The number of nitrogens with zero attached hydrogens (tertiary/aromatic N) is 3. The van der Waals surface area contributed by atoms with Gasteiger partial charge in [0.2, 0.25) is 0 Å². The SMILES string of the molecule is CC1(O)CCOCC1C1CCCN1Cc1cnn(Cc2ccccc2)c1. The van der Waals surface area contributed by atoms with E-state index in [0.29, 0.717) is 19.3 Å². The van der Waals surface area contributed by atoms with Gasteiger partial charge in [-0.25, -0.2) is 0 Å². The first-order valence-electron chi connectivity index (χ1n) is 9.71. The quantitative estimate of drug-likeness (QED) is 0.896. The lowest BCUT2D eigenvalue weighted by molar-refractivity contribution is -0.123. The number of aliphatic hydroxyl groups is 1. The number of hydrogen-bond donors (Lipinski definition) is 1. The summed E-state index contributed by atoms with van der Waals surface area (Å²) in [7, 11) is 0. The molecule has 2 fully saturated rings. The lowest BCUT2D eigenvalue weighted by Crippen LogP contribution is -2.52. The number of aromatic nitrogens is 2. The number of ether oxygens (including phenoxy) is 1. The number of benzene rings is 1. The molecule has 0 radical (unpaired) electrons. The largest absolute Gasteiger partial charge is 0.390 e. The molecule has 0 spiro atoms.